The molecule has 1 saturated carbocycles. The van der Waals surface area contributed by atoms with Gasteiger partial charge in [0.2, 0.25) is 11.8 Å². The number of benzene rings is 2. The number of rotatable bonds is 7. The Morgan fingerprint density at radius 3 is 2.07 bits per heavy atom. The molecule has 3 N–H and O–H groups in total. The number of hydrogen-bond acceptors (Lipinski definition) is 4. The number of carbonyl (C=O) groups excluding carboxylic acids is 3. The summed E-state index contributed by atoms with van der Waals surface area (Å²) >= 11 is 1.43. The minimum atomic E-state index is -0.301. The van der Waals surface area contributed by atoms with Crippen molar-refractivity contribution in [2.24, 2.45) is 0 Å². The van der Waals surface area contributed by atoms with Crippen molar-refractivity contribution in [2.75, 3.05) is 10.6 Å². The van der Waals surface area contributed by atoms with Gasteiger partial charge in [-0.05, 0) is 68.3 Å². The summed E-state index contributed by atoms with van der Waals surface area (Å²) in [5, 5.41) is 8.22. The Bertz CT molecular complexity index is 861. The number of hydrogen-bond donors (Lipinski definition) is 3. The van der Waals surface area contributed by atoms with E-state index in [0.29, 0.717) is 17.3 Å². The van der Waals surface area contributed by atoms with Crippen LogP contribution >= 0.6 is 11.8 Å². The molecule has 1 aliphatic rings. The largest absolute Gasteiger partial charge is 0.349 e. The molecule has 1 aliphatic carbocycles. The van der Waals surface area contributed by atoms with E-state index >= 15 is 0 Å². The van der Waals surface area contributed by atoms with E-state index in [2.05, 4.69) is 16.0 Å². The van der Waals surface area contributed by atoms with Gasteiger partial charge in [-0.1, -0.05) is 0 Å². The molecule has 2 aromatic rings. The van der Waals surface area contributed by atoms with Crippen molar-refractivity contribution in [3.05, 3.63) is 54.1 Å². The smallest absolute Gasteiger partial charge is 0.251 e. The van der Waals surface area contributed by atoms with Crippen LogP contribution in [0.3, 0.4) is 0 Å². The molecule has 0 spiro atoms. The maximum Gasteiger partial charge on any atom is 0.251 e. The maximum atomic E-state index is 12.4. The SMILES string of the molecule is CC(=O)Nc1ccc(SC(C)C(=O)Nc2ccc(C(=O)NC3CC3)cc2)cc1. The first-order valence-corrected chi connectivity index (χ1v) is 10.0. The summed E-state index contributed by atoms with van der Waals surface area (Å²) in [5.41, 5.74) is 1.97. The highest BCUT2D eigenvalue weighted by Gasteiger charge is 2.23. The molecule has 1 fully saturated rings. The zero-order chi connectivity index (χ0) is 20.1. The molecule has 0 aliphatic heterocycles. The summed E-state index contributed by atoms with van der Waals surface area (Å²) in [6.45, 7) is 3.29. The topological polar surface area (TPSA) is 87.3 Å². The predicted molar refractivity (Wildman–Crippen MR) is 112 cm³/mol. The molecule has 1 unspecified atom stereocenters. The van der Waals surface area contributed by atoms with Gasteiger partial charge in [0.05, 0.1) is 5.25 Å². The summed E-state index contributed by atoms with van der Waals surface area (Å²) in [6.07, 6.45) is 2.09. The van der Waals surface area contributed by atoms with Crippen LogP contribution in [0.1, 0.15) is 37.0 Å². The van der Waals surface area contributed by atoms with Crippen LogP contribution in [-0.4, -0.2) is 29.0 Å². The third-order valence-corrected chi connectivity index (χ3v) is 5.30. The number of nitrogens with one attached hydrogen (secondary N) is 3. The fraction of sp³-hybridized carbons (Fsp3) is 0.286. The van der Waals surface area contributed by atoms with E-state index in [9.17, 15) is 14.4 Å². The highest BCUT2D eigenvalue weighted by atomic mass is 32.2. The van der Waals surface area contributed by atoms with E-state index in [4.69, 9.17) is 0 Å². The van der Waals surface area contributed by atoms with Crippen molar-refractivity contribution in [3.63, 3.8) is 0 Å². The summed E-state index contributed by atoms with van der Waals surface area (Å²) in [6, 6.07) is 14.6. The van der Waals surface area contributed by atoms with Crippen LogP contribution in [-0.2, 0) is 9.59 Å². The van der Waals surface area contributed by atoms with Gasteiger partial charge in [-0.25, -0.2) is 0 Å². The van der Waals surface area contributed by atoms with E-state index in [-0.39, 0.29) is 23.0 Å². The minimum absolute atomic E-state index is 0.0768. The molecule has 0 saturated heterocycles. The fourth-order valence-corrected chi connectivity index (χ4v) is 3.39. The third kappa shape index (κ3) is 5.85. The summed E-state index contributed by atoms with van der Waals surface area (Å²) in [4.78, 5) is 36.4. The van der Waals surface area contributed by atoms with Crippen molar-refractivity contribution in [2.45, 2.75) is 42.9 Å². The van der Waals surface area contributed by atoms with Crippen LogP contribution in [0.4, 0.5) is 11.4 Å². The third-order valence-electron chi connectivity index (χ3n) is 4.18. The highest BCUT2D eigenvalue weighted by Crippen LogP contribution is 2.26. The standard InChI is InChI=1S/C21H23N3O3S/c1-13(28-19-11-9-16(10-12-19)22-14(2)25)20(26)23-17-5-3-15(4-6-17)21(27)24-18-7-8-18/h3-6,9-13,18H,7-8H2,1-2H3,(H,22,25)(H,23,26)(H,24,27). The summed E-state index contributed by atoms with van der Waals surface area (Å²) in [5.74, 6) is -0.317. The second-order valence-electron chi connectivity index (χ2n) is 6.78. The molecule has 28 heavy (non-hydrogen) atoms. The van der Waals surface area contributed by atoms with Crippen LogP contribution in [0.25, 0.3) is 0 Å². The normalized spacial score (nSPS) is 14.1. The lowest BCUT2D eigenvalue weighted by atomic mass is 10.2. The second-order valence-corrected chi connectivity index (χ2v) is 8.19. The first-order valence-electron chi connectivity index (χ1n) is 9.17. The first kappa shape index (κ1) is 19.9. The predicted octanol–water partition coefficient (Wildman–Crippen LogP) is 3.66. The molecule has 3 amide bonds. The molecule has 0 bridgehead atoms. The second kappa shape index (κ2) is 8.93. The highest BCUT2D eigenvalue weighted by molar-refractivity contribution is 8.00. The number of anilines is 2. The van der Waals surface area contributed by atoms with E-state index in [1.807, 2.05) is 19.1 Å². The zero-order valence-corrected chi connectivity index (χ0v) is 16.6. The Morgan fingerprint density at radius 2 is 1.50 bits per heavy atom. The Kier molecular flexibility index (Phi) is 6.36. The molecule has 2 aromatic carbocycles. The average molecular weight is 398 g/mol. The summed E-state index contributed by atoms with van der Waals surface area (Å²) < 4.78 is 0. The quantitative estimate of drug-likeness (QED) is 0.622. The molecular weight excluding hydrogens is 374 g/mol. The van der Waals surface area contributed by atoms with Crippen molar-refractivity contribution in [3.8, 4) is 0 Å². The van der Waals surface area contributed by atoms with E-state index in [1.54, 1.807) is 36.4 Å². The van der Waals surface area contributed by atoms with Crippen molar-refractivity contribution in [1.82, 2.24) is 5.32 Å². The zero-order valence-electron chi connectivity index (χ0n) is 15.8. The fourth-order valence-electron chi connectivity index (χ4n) is 2.52. The van der Waals surface area contributed by atoms with E-state index in [1.165, 1.54) is 18.7 Å². The molecule has 0 heterocycles. The lowest BCUT2D eigenvalue weighted by Crippen LogP contribution is -2.25. The molecule has 0 radical (unpaired) electrons. The maximum absolute atomic E-state index is 12.4. The number of carbonyl (C=O) groups is 3. The van der Waals surface area contributed by atoms with Crippen LogP contribution in [0.2, 0.25) is 0 Å². The Balaban J connectivity index is 1.51. The molecule has 3 rings (SSSR count). The van der Waals surface area contributed by atoms with Crippen LogP contribution in [0.15, 0.2) is 53.4 Å². The molecule has 146 valence electrons. The van der Waals surface area contributed by atoms with Gasteiger partial charge < -0.3 is 16.0 Å². The van der Waals surface area contributed by atoms with Gasteiger partial charge in [0.15, 0.2) is 0 Å². The Morgan fingerprint density at radius 1 is 0.929 bits per heavy atom. The molecular formula is C21H23N3O3S. The van der Waals surface area contributed by atoms with Gasteiger partial charge in [-0.15, -0.1) is 11.8 Å². The Hall–Kier alpha value is -2.80. The lowest BCUT2D eigenvalue weighted by Gasteiger charge is -2.13. The van der Waals surface area contributed by atoms with Crippen molar-refractivity contribution >= 4 is 40.9 Å². The first-order chi connectivity index (χ1) is 13.4. The monoisotopic (exact) mass is 397 g/mol. The van der Waals surface area contributed by atoms with Crippen LogP contribution in [0, 0.1) is 0 Å². The van der Waals surface area contributed by atoms with E-state index in [0.717, 1.165) is 23.4 Å². The molecule has 6 nitrogen and oxygen atoms in total. The number of amides is 3. The lowest BCUT2D eigenvalue weighted by molar-refractivity contribution is -0.115. The summed E-state index contributed by atoms with van der Waals surface area (Å²) in [7, 11) is 0. The molecule has 7 heteroatoms. The van der Waals surface area contributed by atoms with Crippen LogP contribution in [0.5, 0.6) is 0 Å². The van der Waals surface area contributed by atoms with Gasteiger partial charge in [-0.2, -0.15) is 0 Å². The number of thioether (sulfide) groups is 1. The van der Waals surface area contributed by atoms with Crippen molar-refractivity contribution in [1.29, 1.82) is 0 Å². The van der Waals surface area contributed by atoms with E-state index < -0.39 is 0 Å². The van der Waals surface area contributed by atoms with Gasteiger partial charge in [0.1, 0.15) is 0 Å². The average Bonchev–Trinajstić information content (AvgIpc) is 3.47. The van der Waals surface area contributed by atoms with Crippen LogP contribution < -0.4 is 16.0 Å². The Labute approximate surface area is 168 Å². The molecule has 0 aromatic heterocycles. The van der Waals surface area contributed by atoms with Gasteiger partial charge in [0.25, 0.3) is 5.91 Å². The van der Waals surface area contributed by atoms with Gasteiger partial charge >= 0.3 is 0 Å². The van der Waals surface area contributed by atoms with Gasteiger partial charge in [-0.3, -0.25) is 14.4 Å². The minimum Gasteiger partial charge on any atom is -0.349 e. The van der Waals surface area contributed by atoms with Crippen molar-refractivity contribution < 1.29 is 14.4 Å². The van der Waals surface area contributed by atoms with Gasteiger partial charge in [0, 0.05) is 34.8 Å². The molecule has 1 atom stereocenters.